The molecule has 0 aliphatic heterocycles. The monoisotopic (exact) mass is 745 g/mol. The van der Waals surface area contributed by atoms with E-state index in [4.69, 9.17) is 18.5 Å². The average molecular weight is 745 g/mol. The van der Waals surface area contributed by atoms with Crippen LogP contribution in [0.5, 0.6) is 0 Å². The van der Waals surface area contributed by atoms with E-state index >= 15 is 0 Å². The molecule has 298 valence electrons. The number of rotatable bonds is 36. The Morgan fingerprint density at radius 2 is 1.16 bits per heavy atom. The molecule has 0 aliphatic rings. The lowest BCUT2D eigenvalue weighted by Gasteiger charge is -2.24. The van der Waals surface area contributed by atoms with Crippen molar-refractivity contribution in [2.45, 2.75) is 168 Å². The number of phosphoric ester groups is 1. The third kappa shape index (κ3) is 36.3. The number of hydrogen-bond acceptors (Lipinski definition) is 8. The molecule has 0 rings (SSSR count). The number of carbonyl (C=O) groups is 3. The van der Waals surface area contributed by atoms with Crippen LogP contribution in [-0.4, -0.2) is 80.7 Å². The van der Waals surface area contributed by atoms with E-state index < -0.39 is 32.5 Å². The van der Waals surface area contributed by atoms with Gasteiger partial charge in [0.1, 0.15) is 19.8 Å². The van der Waals surface area contributed by atoms with Gasteiger partial charge in [0.05, 0.1) is 27.7 Å². The summed E-state index contributed by atoms with van der Waals surface area (Å²) in [5, 5.41) is 0. The molecule has 0 saturated carbocycles. The normalized spacial score (nSPS) is 13.8. The molecule has 0 radical (unpaired) electrons. The lowest BCUT2D eigenvalue weighted by molar-refractivity contribution is -0.870. The molecule has 1 N–H and O–H groups in total. The molecule has 0 spiro atoms. The van der Waals surface area contributed by atoms with Crippen LogP contribution in [0, 0.1) is 0 Å². The zero-order valence-corrected chi connectivity index (χ0v) is 34.0. The van der Waals surface area contributed by atoms with Gasteiger partial charge in [-0.15, -0.1) is 0 Å². The first kappa shape index (κ1) is 49.2. The number of carbonyl (C=O) groups excluding carboxylic acids is 3. The Morgan fingerprint density at radius 1 is 0.647 bits per heavy atom. The van der Waals surface area contributed by atoms with Crippen LogP contribution in [0.25, 0.3) is 0 Å². The van der Waals surface area contributed by atoms with Crippen LogP contribution < -0.4 is 0 Å². The third-order valence-electron chi connectivity index (χ3n) is 8.46. The van der Waals surface area contributed by atoms with Crippen LogP contribution in [0.4, 0.5) is 0 Å². The van der Waals surface area contributed by atoms with E-state index in [2.05, 4.69) is 19.9 Å². The van der Waals surface area contributed by atoms with E-state index in [-0.39, 0.29) is 31.8 Å². The van der Waals surface area contributed by atoms with Crippen molar-refractivity contribution in [1.82, 2.24) is 0 Å². The number of allylic oxidation sites excluding steroid dienone is 4. The Hall–Kier alpha value is -1.84. The zero-order chi connectivity index (χ0) is 38.1. The quantitative estimate of drug-likeness (QED) is 0.0167. The lowest BCUT2D eigenvalue weighted by Crippen LogP contribution is -2.37. The number of unbranched alkanes of at least 4 members (excludes halogenated alkanes) is 17. The van der Waals surface area contributed by atoms with Crippen LogP contribution in [0.2, 0.25) is 0 Å². The van der Waals surface area contributed by atoms with Gasteiger partial charge in [0.15, 0.2) is 11.9 Å². The van der Waals surface area contributed by atoms with Gasteiger partial charge in [-0.2, -0.15) is 0 Å². The first-order valence-electron chi connectivity index (χ1n) is 20.0. The highest BCUT2D eigenvalue weighted by atomic mass is 31.2. The minimum absolute atomic E-state index is 0.0137. The van der Waals surface area contributed by atoms with Gasteiger partial charge >= 0.3 is 19.8 Å². The third-order valence-corrected chi connectivity index (χ3v) is 9.44. The van der Waals surface area contributed by atoms with Crippen LogP contribution in [0.1, 0.15) is 162 Å². The van der Waals surface area contributed by atoms with Crippen molar-refractivity contribution >= 4 is 25.5 Å². The molecule has 0 aromatic carbocycles. The molecule has 10 nitrogen and oxygen atoms in total. The minimum atomic E-state index is -4.39. The van der Waals surface area contributed by atoms with E-state index in [1.165, 1.54) is 64.2 Å². The van der Waals surface area contributed by atoms with Gasteiger partial charge in [-0.25, -0.2) is 4.57 Å². The molecule has 0 amide bonds. The number of esters is 2. The molecule has 2 atom stereocenters. The number of likely N-dealkylation sites (N-methyl/N-ethyl adjacent to an activating group) is 1. The summed E-state index contributed by atoms with van der Waals surface area (Å²) < 4.78 is 34.1. The molecule has 1 unspecified atom stereocenters. The van der Waals surface area contributed by atoms with Crippen molar-refractivity contribution in [2.75, 3.05) is 47.5 Å². The van der Waals surface area contributed by atoms with E-state index in [9.17, 15) is 23.8 Å². The van der Waals surface area contributed by atoms with Gasteiger partial charge in [-0.05, 0) is 38.2 Å². The van der Waals surface area contributed by atoms with Gasteiger partial charge in [0, 0.05) is 19.3 Å². The van der Waals surface area contributed by atoms with Gasteiger partial charge in [0.25, 0.3) is 0 Å². The second-order valence-corrected chi connectivity index (χ2v) is 16.2. The fourth-order valence-corrected chi connectivity index (χ4v) is 5.97. The Balaban J connectivity index is 4.48. The number of ether oxygens (including phenoxy) is 2. The Morgan fingerprint density at radius 3 is 1.73 bits per heavy atom. The van der Waals surface area contributed by atoms with Crippen molar-refractivity contribution in [3.05, 3.63) is 24.3 Å². The maximum absolute atomic E-state index is 12.6. The van der Waals surface area contributed by atoms with Gasteiger partial charge in [0.2, 0.25) is 0 Å². The smallest absolute Gasteiger partial charge is 0.462 e. The summed E-state index contributed by atoms with van der Waals surface area (Å²) in [5.74, 6) is -0.763. The van der Waals surface area contributed by atoms with Crippen molar-refractivity contribution in [1.29, 1.82) is 0 Å². The van der Waals surface area contributed by atoms with Crippen LogP contribution in [0.15, 0.2) is 24.3 Å². The molecule has 0 saturated heterocycles. The highest BCUT2D eigenvalue weighted by Crippen LogP contribution is 2.43. The predicted octanol–water partition coefficient (Wildman–Crippen LogP) is 9.97. The summed E-state index contributed by atoms with van der Waals surface area (Å²) >= 11 is 0. The molecular formula is C40H75NO9P+. The maximum Gasteiger partial charge on any atom is 0.472 e. The molecule has 0 heterocycles. The average Bonchev–Trinajstić information content (AvgIpc) is 3.06. The molecular weight excluding hydrogens is 669 g/mol. The molecule has 11 heteroatoms. The Bertz CT molecular complexity index is 993. The molecule has 0 aliphatic carbocycles. The summed E-state index contributed by atoms with van der Waals surface area (Å²) in [4.78, 5) is 47.2. The Kier molecular flexibility index (Phi) is 31.6. The number of quaternary nitrogens is 1. The summed E-state index contributed by atoms with van der Waals surface area (Å²) in [7, 11) is 1.41. The van der Waals surface area contributed by atoms with Crippen LogP contribution in [0.3, 0.4) is 0 Å². The number of nitrogens with zero attached hydrogens (tertiary/aromatic N) is 1. The molecule has 0 aromatic rings. The van der Waals surface area contributed by atoms with Crippen molar-refractivity contribution in [3.8, 4) is 0 Å². The summed E-state index contributed by atoms with van der Waals surface area (Å²) in [5.41, 5.74) is 0. The first-order valence-corrected chi connectivity index (χ1v) is 21.5. The second kappa shape index (κ2) is 32.8. The van der Waals surface area contributed by atoms with Crippen molar-refractivity contribution < 1.29 is 46.8 Å². The van der Waals surface area contributed by atoms with E-state index in [1.54, 1.807) is 6.08 Å². The standard InChI is InChI=1S/C40H74NO9P/c1-6-8-10-12-14-15-16-17-19-23-28-32-40(44)50-38(36-49-51(45,46)48-34-33-41(3,4)5)35-47-39(43)31-27-24-20-22-26-30-37(42)29-25-21-18-13-11-9-7-2/h18,21,25,29,38H,6-17,19-20,22-24,26-28,30-36H2,1-5H3/p+1/b21-18-,29-25+/t38-/m1/s1. The number of ketones is 1. The SMILES string of the molecule is CCCCC/C=C\C=C\C(=O)CCCCCCCC(=O)OC[C@H](COP(=O)(O)OCC[N+](C)(C)C)OC(=O)CCCCCCCCCCCCC. The molecule has 0 fully saturated rings. The van der Waals surface area contributed by atoms with Gasteiger partial charge in [-0.3, -0.25) is 23.4 Å². The lowest BCUT2D eigenvalue weighted by atomic mass is 10.1. The number of phosphoric acid groups is 1. The van der Waals surface area contributed by atoms with Gasteiger partial charge < -0.3 is 18.9 Å². The fourth-order valence-electron chi connectivity index (χ4n) is 5.23. The largest absolute Gasteiger partial charge is 0.472 e. The summed E-state index contributed by atoms with van der Waals surface area (Å²) in [6.45, 7) is 4.21. The molecule has 0 bridgehead atoms. The molecule has 0 aromatic heterocycles. The van der Waals surface area contributed by atoms with Crippen molar-refractivity contribution in [2.24, 2.45) is 0 Å². The van der Waals surface area contributed by atoms with Gasteiger partial charge in [-0.1, -0.05) is 128 Å². The molecule has 51 heavy (non-hydrogen) atoms. The van der Waals surface area contributed by atoms with Crippen LogP contribution in [-0.2, 0) is 37.5 Å². The maximum atomic E-state index is 12.6. The highest BCUT2D eigenvalue weighted by molar-refractivity contribution is 7.47. The zero-order valence-electron chi connectivity index (χ0n) is 33.1. The Labute approximate surface area is 311 Å². The topological polar surface area (TPSA) is 125 Å². The highest BCUT2D eigenvalue weighted by Gasteiger charge is 2.27. The summed E-state index contributed by atoms with van der Waals surface area (Å²) in [6.07, 6.45) is 29.0. The second-order valence-electron chi connectivity index (χ2n) is 14.7. The van der Waals surface area contributed by atoms with E-state index in [0.29, 0.717) is 30.3 Å². The first-order chi connectivity index (χ1) is 24.4. The number of hydrogen-bond donors (Lipinski definition) is 1. The predicted molar refractivity (Wildman–Crippen MR) is 206 cm³/mol. The van der Waals surface area contributed by atoms with E-state index in [1.807, 2.05) is 33.3 Å². The van der Waals surface area contributed by atoms with Crippen LogP contribution >= 0.6 is 7.82 Å². The van der Waals surface area contributed by atoms with E-state index in [0.717, 1.165) is 51.4 Å². The summed E-state index contributed by atoms with van der Waals surface area (Å²) in [6, 6.07) is 0. The minimum Gasteiger partial charge on any atom is -0.462 e. The fraction of sp³-hybridized carbons (Fsp3) is 0.825. The van der Waals surface area contributed by atoms with Crippen molar-refractivity contribution in [3.63, 3.8) is 0 Å².